The summed E-state index contributed by atoms with van der Waals surface area (Å²) >= 11 is 0. The molecular weight excluding hydrogens is 224 g/mol. The van der Waals surface area contributed by atoms with E-state index in [2.05, 4.69) is 17.6 Å². The van der Waals surface area contributed by atoms with Crippen LogP contribution >= 0.6 is 0 Å². The molecule has 3 heteroatoms. The SMILES string of the molecule is CC1(NC(=O)/C=C/c2ccccc2)CCNCC1. The highest BCUT2D eigenvalue weighted by molar-refractivity contribution is 5.92. The Hall–Kier alpha value is -1.61. The summed E-state index contributed by atoms with van der Waals surface area (Å²) in [5.41, 5.74) is 0.978. The highest BCUT2D eigenvalue weighted by Gasteiger charge is 2.27. The quantitative estimate of drug-likeness (QED) is 0.798. The summed E-state index contributed by atoms with van der Waals surface area (Å²) in [6.45, 7) is 4.06. The smallest absolute Gasteiger partial charge is 0.244 e. The molecule has 3 nitrogen and oxygen atoms in total. The van der Waals surface area contributed by atoms with E-state index in [-0.39, 0.29) is 11.4 Å². The van der Waals surface area contributed by atoms with Crippen molar-refractivity contribution in [3.05, 3.63) is 42.0 Å². The third-order valence-corrected chi connectivity index (χ3v) is 3.36. The van der Waals surface area contributed by atoms with Gasteiger partial charge < -0.3 is 10.6 Å². The highest BCUT2D eigenvalue weighted by Crippen LogP contribution is 2.16. The Kier molecular flexibility index (Phi) is 4.15. The summed E-state index contributed by atoms with van der Waals surface area (Å²) in [7, 11) is 0. The Morgan fingerprint density at radius 1 is 1.28 bits per heavy atom. The van der Waals surface area contributed by atoms with E-state index in [0.717, 1.165) is 31.5 Å². The summed E-state index contributed by atoms with van der Waals surface area (Å²) in [6.07, 6.45) is 5.43. The van der Waals surface area contributed by atoms with Crippen molar-refractivity contribution in [2.45, 2.75) is 25.3 Å². The minimum absolute atomic E-state index is 0.0109. The average molecular weight is 244 g/mol. The van der Waals surface area contributed by atoms with Crippen LogP contribution in [0, 0.1) is 0 Å². The lowest BCUT2D eigenvalue weighted by Crippen LogP contribution is -2.51. The summed E-state index contributed by atoms with van der Waals surface area (Å²) < 4.78 is 0. The molecule has 0 unspecified atom stereocenters. The molecule has 0 aromatic heterocycles. The lowest BCUT2D eigenvalue weighted by atomic mass is 9.90. The normalized spacial score (nSPS) is 18.7. The van der Waals surface area contributed by atoms with Crippen molar-refractivity contribution >= 4 is 12.0 Å². The molecule has 1 saturated heterocycles. The molecule has 0 atom stereocenters. The van der Waals surface area contributed by atoms with Crippen LogP contribution in [0.1, 0.15) is 25.3 Å². The van der Waals surface area contributed by atoms with E-state index < -0.39 is 0 Å². The fourth-order valence-corrected chi connectivity index (χ4v) is 2.18. The van der Waals surface area contributed by atoms with Crippen LogP contribution in [0.3, 0.4) is 0 Å². The molecule has 1 aliphatic rings. The van der Waals surface area contributed by atoms with Gasteiger partial charge in [-0.05, 0) is 44.5 Å². The van der Waals surface area contributed by atoms with Crippen molar-refractivity contribution in [2.75, 3.05) is 13.1 Å². The maximum atomic E-state index is 11.9. The summed E-state index contributed by atoms with van der Waals surface area (Å²) in [5, 5.41) is 6.40. The van der Waals surface area contributed by atoms with Gasteiger partial charge in [-0.3, -0.25) is 4.79 Å². The van der Waals surface area contributed by atoms with E-state index in [1.807, 2.05) is 36.4 Å². The minimum Gasteiger partial charge on any atom is -0.347 e. The van der Waals surface area contributed by atoms with Crippen molar-refractivity contribution in [1.29, 1.82) is 0 Å². The number of hydrogen-bond acceptors (Lipinski definition) is 2. The van der Waals surface area contributed by atoms with Crippen molar-refractivity contribution in [2.24, 2.45) is 0 Å². The Labute approximate surface area is 108 Å². The van der Waals surface area contributed by atoms with Crippen LogP contribution < -0.4 is 10.6 Å². The van der Waals surface area contributed by atoms with Gasteiger partial charge in [0.25, 0.3) is 0 Å². The van der Waals surface area contributed by atoms with Crippen molar-refractivity contribution < 1.29 is 4.79 Å². The lowest BCUT2D eigenvalue weighted by molar-refractivity contribution is -0.118. The molecule has 1 aromatic carbocycles. The first kappa shape index (κ1) is 12.8. The van der Waals surface area contributed by atoms with Gasteiger partial charge in [0.1, 0.15) is 0 Å². The molecule has 0 bridgehead atoms. The van der Waals surface area contributed by atoms with Crippen molar-refractivity contribution in [3.63, 3.8) is 0 Å². The van der Waals surface area contributed by atoms with Gasteiger partial charge in [0, 0.05) is 11.6 Å². The minimum atomic E-state index is -0.0661. The molecule has 18 heavy (non-hydrogen) atoms. The van der Waals surface area contributed by atoms with Crippen LogP contribution in [0.25, 0.3) is 6.08 Å². The van der Waals surface area contributed by atoms with Crippen LogP contribution in [0.4, 0.5) is 0 Å². The predicted molar refractivity (Wildman–Crippen MR) is 74.1 cm³/mol. The third-order valence-electron chi connectivity index (χ3n) is 3.36. The van der Waals surface area contributed by atoms with Crippen molar-refractivity contribution in [1.82, 2.24) is 10.6 Å². The van der Waals surface area contributed by atoms with Crippen molar-refractivity contribution in [3.8, 4) is 0 Å². The molecule has 0 radical (unpaired) electrons. The second kappa shape index (κ2) is 5.83. The Morgan fingerprint density at radius 2 is 1.94 bits per heavy atom. The van der Waals surface area contributed by atoms with Gasteiger partial charge >= 0.3 is 0 Å². The van der Waals surface area contributed by atoms with Gasteiger partial charge in [0.15, 0.2) is 0 Å². The number of hydrogen-bond donors (Lipinski definition) is 2. The summed E-state index contributed by atoms with van der Waals surface area (Å²) in [6, 6.07) is 9.86. The molecule has 1 fully saturated rings. The van der Waals surface area contributed by atoms with Crippen LogP contribution in [0.5, 0.6) is 0 Å². The fourth-order valence-electron chi connectivity index (χ4n) is 2.18. The van der Waals surface area contributed by atoms with Gasteiger partial charge in [-0.15, -0.1) is 0 Å². The molecule has 1 aromatic rings. The van der Waals surface area contributed by atoms with Gasteiger partial charge in [-0.1, -0.05) is 30.3 Å². The number of nitrogens with one attached hydrogen (secondary N) is 2. The summed E-state index contributed by atoms with van der Waals surface area (Å²) in [4.78, 5) is 11.9. The molecule has 1 amide bonds. The molecule has 2 rings (SSSR count). The fraction of sp³-hybridized carbons (Fsp3) is 0.400. The van der Waals surface area contributed by atoms with Gasteiger partial charge in [0.05, 0.1) is 0 Å². The Balaban J connectivity index is 1.90. The molecule has 96 valence electrons. The zero-order valence-electron chi connectivity index (χ0n) is 10.8. The number of benzene rings is 1. The number of amides is 1. The second-order valence-electron chi connectivity index (χ2n) is 5.04. The zero-order chi connectivity index (χ0) is 12.8. The van der Waals surface area contributed by atoms with Crippen LogP contribution in [-0.4, -0.2) is 24.5 Å². The molecule has 2 N–H and O–H groups in total. The molecule has 1 aliphatic heterocycles. The van der Waals surface area contributed by atoms with Crippen LogP contribution in [0.2, 0.25) is 0 Å². The number of carbonyl (C=O) groups is 1. The van der Waals surface area contributed by atoms with Crippen LogP contribution in [-0.2, 0) is 4.79 Å². The van der Waals surface area contributed by atoms with E-state index >= 15 is 0 Å². The largest absolute Gasteiger partial charge is 0.347 e. The maximum absolute atomic E-state index is 11.9. The Morgan fingerprint density at radius 3 is 2.61 bits per heavy atom. The standard InChI is InChI=1S/C15H20N2O/c1-15(9-11-16-12-10-15)17-14(18)8-7-13-5-3-2-4-6-13/h2-8,16H,9-12H2,1H3,(H,17,18)/b8-7+. The van der Waals surface area contributed by atoms with Gasteiger partial charge in [-0.2, -0.15) is 0 Å². The first-order valence-electron chi connectivity index (χ1n) is 6.44. The highest BCUT2D eigenvalue weighted by atomic mass is 16.1. The van der Waals surface area contributed by atoms with E-state index in [1.165, 1.54) is 0 Å². The Bertz CT molecular complexity index is 419. The second-order valence-corrected chi connectivity index (χ2v) is 5.04. The van der Waals surface area contributed by atoms with E-state index in [9.17, 15) is 4.79 Å². The average Bonchev–Trinajstić information content (AvgIpc) is 2.38. The molecule has 0 saturated carbocycles. The monoisotopic (exact) mass is 244 g/mol. The topological polar surface area (TPSA) is 41.1 Å². The molecule has 1 heterocycles. The van der Waals surface area contributed by atoms with E-state index in [4.69, 9.17) is 0 Å². The summed E-state index contributed by atoms with van der Waals surface area (Å²) in [5.74, 6) is -0.0109. The van der Waals surface area contributed by atoms with E-state index in [1.54, 1.807) is 6.08 Å². The number of carbonyl (C=O) groups excluding carboxylic acids is 1. The maximum Gasteiger partial charge on any atom is 0.244 e. The number of rotatable bonds is 3. The first-order chi connectivity index (χ1) is 8.68. The molecular formula is C15H20N2O. The van der Waals surface area contributed by atoms with Gasteiger partial charge in [0.2, 0.25) is 5.91 Å². The van der Waals surface area contributed by atoms with Crippen LogP contribution in [0.15, 0.2) is 36.4 Å². The number of piperidine rings is 1. The van der Waals surface area contributed by atoms with E-state index in [0.29, 0.717) is 0 Å². The lowest BCUT2D eigenvalue weighted by Gasteiger charge is -2.34. The predicted octanol–water partition coefficient (Wildman–Crippen LogP) is 1.96. The first-order valence-corrected chi connectivity index (χ1v) is 6.44. The molecule has 0 aliphatic carbocycles. The zero-order valence-corrected chi connectivity index (χ0v) is 10.8. The third kappa shape index (κ3) is 3.70. The van der Waals surface area contributed by atoms with Gasteiger partial charge in [-0.25, -0.2) is 0 Å². The molecule has 0 spiro atoms.